The molecule has 2 rings (SSSR count). The molecule has 1 aliphatic rings. The topological polar surface area (TPSA) is 42.5 Å². The minimum absolute atomic E-state index is 0.316. The van der Waals surface area contributed by atoms with E-state index in [-0.39, 0.29) is 18.3 Å². The van der Waals surface area contributed by atoms with Crippen molar-refractivity contribution in [2.75, 3.05) is 19.4 Å². The van der Waals surface area contributed by atoms with Gasteiger partial charge in [0.1, 0.15) is 0 Å². The van der Waals surface area contributed by atoms with E-state index in [1.54, 1.807) is 11.9 Å². The van der Waals surface area contributed by atoms with Crippen LogP contribution in [0.25, 0.3) is 0 Å². The molecule has 1 fully saturated rings. The molecule has 1 aromatic rings. The smallest absolute Gasteiger partial charge is 0.399 e. The molecule has 0 amide bonds. The molecule has 6 heteroatoms. The van der Waals surface area contributed by atoms with Gasteiger partial charge in [-0.3, -0.25) is 4.72 Å². The fourth-order valence-electron chi connectivity index (χ4n) is 2.06. The lowest BCUT2D eigenvalue weighted by Crippen LogP contribution is -2.41. The molecular weight excluding hydrogens is 271 g/mol. The molecule has 0 unspecified atom stereocenters. The van der Waals surface area contributed by atoms with Gasteiger partial charge in [-0.05, 0) is 70.4 Å². The molecule has 1 aromatic carbocycles. The van der Waals surface area contributed by atoms with Gasteiger partial charge in [0.2, 0.25) is 0 Å². The number of rotatable bonds is 4. The van der Waals surface area contributed by atoms with E-state index in [1.165, 1.54) is 0 Å². The minimum Gasteiger partial charge on any atom is -0.399 e. The lowest BCUT2D eigenvalue weighted by molar-refractivity contribution is 0.00578. The molecule has 20 heavy (non-hydrogen) atoms. The molecule has 0 saturated carbocycles. The van der Waals surface area contributed by atoms with Crippen LogP contribution in [-0.2, 0) is 9.31 Å². The lowest BCUT2D eigenvalue weighted by atomic mass is 9.79. The average molecular weight is 294 g/mol. The third-order valence-corrected chi connectivity index (χ3v) is 4.64. The van der Waals surface area contributed by atoms with E-state index in [2.05, 4.69) is 55.9 Å². The van der Waals surface area contributed by atoms with Gasteiger partial charge in [0.05, 0.1) is 11.2 Å². The highest BCUT2D eigenvalue weighted by Crippen LogP contribution is 2.36. The highest BCUT2D eigenvalue weighted by atomic mass is 32.2. The van der Waals surface area contributed by atoms with E-state index >= 15 is 0 Å². The Bertz CT molecular complexity index is 478. The van der Waals surface area contributed by atoms with E-state index in [9.17, 15) is 0 Å². The van der Waals surface area contributed by atoms with Gasteiger partial charge in [-0.2, -0.15) is 0 Å². The molecule has 0 aromatic heterocycles. The summed E-state index contributed by atoms with van der Waals surface area (Å²) in [7, 11) is 3.49. The zero-order valence-electron chi connectivity index (χ0n) is 13.0. The van der Waals surface area contributed by atoms with Crippen LogP contribution < -0.4 is 15.5 Å². The molecule has 1 heterocycles. The van der Waals surface area contributed by atoms with E-state index in [4.69, 9.17) is 9.31 Å². The van der Waals surface area contributed by atoms with Gasteiger partial charge in [-0.25, -0.2) is 0 Å². The van der Waals surface area contributed by atoms with Crippen LogP contribution in [0.5, 0.6) is 0 Å². The summed E-state index contributed by atoms with van der Waals surface area (Å²) in [6.45, 7) is 8.27. The molecule has 0 bridgehead atoms. The predicted molar refractivity (Wildman–Crippen MR) is 86.6 cm³/mol. The lowest BCUT2D eigenvalue weighted by Gasteiger charge is -2.32. The van der Waals surface area contributed by atoms with Crippen molar-refractivity contribution in [1.82, 2.24) is 4.72 Å². The molecule has 2 N–H and O–H groups in total. The fourth-order valence-corrected chi connectivity index (χ4v) is 2.68. The highest BCUT2D eigenvalue weighted by Gasteiger charge is 2.51. The van der Waals surface area contributed by atoms with Crippen LogP contribution in [-0.4, -0.2) is 32.4 Å². The van der Waals surface area contributed by atoms with Gasteiger partial charge in [0.25, 0.3) is 0 Å². The summed E-state index contributed by atoms with van der Waals surface area (Å²) in [5, 5.41) is 3.18. The van der Waals surface area contributed by atoms with Gasteiger partial charge in [-0.15, -0.1) is 0 Å². The maximum atomic E-state index is 6.10. The maximum absolute atomic E-state index is 6.10. The van der Waals surface area contributed by atoms with Crippen LogP contribution in [0.15, 0.2) is 23.1 Å². The third-order valence-electron chi connectivity index (χ3n) is 3.96. The first kappa shape index (κ1) is 15.7. The summed E-state index contributed by atoms with van der Waals surface area (Å²) in [4.78, 5) is 1.13. The van der Waals surface area contributed by atoms with Crippen LogP contribution in [0.1, 0.15) is 27.7 Å². The largest absolute Gasteiger partial charge is 0.494 e. The van der Waals surface area contributed by atoms with Crippen molar-refractivity contribution in [2.24, 2.45) is 0 Å². The van der Waals surface area contributed by atoms with Crippen molar-refractivity contribution >= 4 is 30.2 Å². The van der Waals surface area contributed by atoms with Gasteiger partial charge >= 0.3 is 7.12 Å². The molecule has 1 saturated heterocycles. The summed E-state index contributed by atoms with van der Waals surface area (Å²) in [5.74, 6) is 0. The first-order valence-corrected chi connectivity index (χ1v) is 7.63. The van der Waals surface area contributed by atoms with Crippen LogP contribution in [0.4, 0.5) is 5.69 Å². The number of benzene rings is 1. The molecule has 0 spiro atoms. The Morgan fingerprint density at radius 3 is 2.10 bits per heavy atom. The Hall–Kier alpha value is -0.685. The SMILES string of the molecule is CNSc1cc(NC)cc(B2OC(C)(C)C(C)(C)O2)c1. The summed E-state index contributed by atoms with van der Waals surface area (Å²) in [6.07, 6.45) is 0. The van der Waals surface area contributed by atoms with E-state index in [1.807, 2.05) is 14.1 Å². The normalized spacial score (nSPS) is 20.2. The van der Waals surface area contributed by atoms with Gasteiger partial charge in [0, 0.05) is 17.6 Å². The Kier molecular flexibility index (Phi) is 4.40. The first-order chi connectivity index (χ1) is 9.29. The van der Waals surface area contributed by atoms with Gasteiger partial charge < -0.3 is 14.6 Å². The van der Waals surface area contributed by atoms with E-state index < -0.39 is 0 Å². The third kappa shape index (κ3) is 2.98. The fraction of sp³-hybridized carbons (Fsp3) is 0.571. The molecule has 0 atom stereocenters. The molecule has 0 radical (unpaired) electrons. The number of anilines is 1. The Labute approximate surface area is 126 Å². The minimum atomic E-state index is -0.329. The van der Waals surface area contributed by atoms with E-state index in [0.29, 0.717) is 0 Å². The summed E-state index contributed by atoms with van der Waals surface area (Å²) in [5.41, 5.74) is 1.45. The Morgan fingerprint density at radius 2 is 1.60 bits per heavy atom. The monoisotopic (exact) mass is 294 g/mol. The Morgan fingerprint density at radius 1 is 1.00 bits per heavy atom. The molecule has 0 aliphatic carbocycles. The van der Waals surface area contributed by atoms with Gasteiger partial charge in [-0.1, -0.05) is 0 Å². The second kappa shape index (κ2) is 5.60. The van der Waals surface area contributed by atoms with Crippen LogP contribution in [0, 0.1) is 0 Å². The summed E-state index contributed by atoms with van der Waals surface area (Å²) in [6, 6.07) is 6.27. The first-order valence-electron chi connectivity index (χ1n) is 6.81. The number of hydrogen-bond acceptors (Lipinski definition) is 5. The van der Waals surface area contributed by atoms with Crippen molar-refractivity contribution < 1.29 is 9.31 Å². The second-order valence-corrected chi connectivity index (χ2v) is 7.02. The summed E-state index contributed by atoms with van der Waals surface area (Å²) < 4.78 is 15.3. The Balaban J connectivity index is 2.31. The molecular formula is C14H23BN2O2S. The zero-order valence-corrected chi connectivity index (χ0v) is 13.9. The standard InChI is InChI=1S/C14H23BN2O2S/c1-13(2)14(3,4)19-15(18-13)10-7-11(16-5)9-12(8-10)20-17-6/h7-9,16-17H,1-6H3. The predicted octanol–water partition coefficient (Wildman–Crippen LogP) is 2.25. The van der Waals surface area contributed by atoms with Crippen molar-refractivity contribution in [3.63, 3.8) is 0 Å². The molecule has 110 valence electrons. The quantitative estimate of drug-likeness (QED) is 0.658. The number of nitrogens with one attached hydrogen (secondary N) is 2. The van der Waals surface area contributed by atoms with Crippen molar-refractivity contribution in [1.29, 1.82) is 0 Å². The highest BCUT2D eigenvalue weighted by molar-refractivity contribution is 7.97. The average Bonchev–Trinajstić information content (AvgIpc) is 2.58. The van der Waals surface area contributed by atoms with Crippen LogP contribution in [0.3, 0.4) is 0 Å². The van der Waals surface area contributed by atoms with Crippen LogP contribution >= 0.6 is 11.9 Å². The molecule has 1 aliphatic heterocycles. The zero-order chi connectivity index (χ0) is 15.0. The van der Waals surface area contributed by atoms with Crippen molar-refractivity contribution in [2.45, 2.75) is 43.8 Å². The van der Waals surface area contributed by atoms with Gasteiger partial charge in [0.15, 0.2) is 0 Å². The van der Waals surface area contributed by atoms with Crippen molar-refractivity contribution in [3.8, 4) is 0 Å². The van der Waals surface area contributed by atoms with Crippen LogP contribution in [0.2, 0.25) is 0 Å². The molecule has 4 nitrogen and oxygen atoms in total. The van der Waals surface area contributed by atoms with Crippen molar-refractivity contribution in [3.05, 3.63) is 18.2 Å². The van der Waals surface area contributed by atoms with E-state index in [0.717, 1.165) is 16.0 Å². The number of hydrogen-bond donors (Lipinski definition) is 2. The second-order valence-electron chi connectivity index (χ2n) is 5.94. The maximum Gasteiger partial charge on any atom is 0.494 e. The summed E-state index contributed by atoms with van der Waals surface area (Å²) >= 11 is 1.58.